The molecule has 1 N–H and O–H groups in total. The van der Waals surface area contributed by atoms with Crippen molar-refractivity contribution in [3.05, 3.63) is 124 Å². The minimum Gasteiger partial charge on any atom is -0.322 e. The number of fused-ring (bicyclic) bond motifs is 1. The number of carbonyl (C=O) groups is 1. The van der Waals surface area contributed by atoms with Crippen molar-refractivity contribution in [1.29, 1.82) is 0 Å². The van der Waals surface area contributed by atoms with Gasteiger partial charge in [-0.3, -0.25) is 9.69 Å². The fourth-order valence-corrected chi connectivity index (χ4v) is 5.16. The molecule has 230 valence electrons. The first-order valence-electron chi connectivity index (χ1n) is 13.3. The molecule has 3 nitrogen and oxygen atoms in total. The minimum absolute atomic E-state index is 0.104. The van der Waals surface area contributed by atoms with Gasteiger partial charge in [-0.1, -0.05) is 36.4 Å². The van der Waals surface area contributed by atoms with Crippen LogP contribution in [0.4, 0.5) is 45.2 Å². The summed E-state index contributed by atoms with van der Waals surface area (Å²) in [5, 5.41) is 2.80. The van der Waals surface area contributed by atoms with Gasteiger partial charge in [0.2, 0.25) is 0 Å². The molecule has 0 fully saturated rings. The third-order valence-electron chi connectivity index (χ3n) is 7.30. The van der Waals surface area contributed by atoms with E-state index in [4.69, 9.17) is 0 Å². The van der Waals surface area contributed by atoms with E-state index < -0.39 is 41.1 Å². The minimum atomic E-state index is -4.93. The van der Waals surface area contributed by atoms with Crippen molar-refractivity contribution in [3.8, 4) is 11.1 Å². The van der Waals surface area contributed by atoms with Crippen molar-refractivity contribution in [3.63, 3.8) is 0 Å². The second kappa shape index (κ2) is 11.6. The van der Waals surface area contributed by atoms with Crippen LogP contribution in [0.2, 0.25) is 0 Å². The van der Waals surface area contributed by atoms with Crippen LogP contribution in [0, 0.1) is 0 Å². The van der Waals surface area contributed by atoms with Crippen LogP contribution in [0.15, 0.2) is 84.9 Å². The summed E-state index contributed by atoms with van der Waals surface area (Å²) in [4.78, 5) is 14.9. The number of hydrogen-bond donors (Lipinski definition) is 1. The van der Waals surface area contributed by atoms with E-state index in [2.05, 4.69) is 5.32 Å². The van der Waals surface area contributed by atoms with Crippen molar-refractivity contribution in [2.75, 3.05) is 11.9 Å². The van der Waals surface area contributed by atoms with Crippen molar-refractivity contribution in [1.82, 2.24) is 4.90 Å². The molecule has 0 aliphatic carbocycles. The zero-order valence-corrected chi connectivity index (χ0v) is 22.7. The SMILES string of the molecule is O=C(Nc1ccc2c(c1)CCN(Cc1cc(C(F)(F)F)cc(C(F)(F)F)c1)C2)c1ccccc1-c1ccc(C(F)(F)F)cc1. The molecule has 44 heavy (non-hydrogen) atoms. The Morgan fingerprint density at radius 1 is 0.682 bits per heavy atom. The van der Waals surface area contributed by atoms with E-state index in [1.54, 1.807) is 47.4 Å². The smallest absolute Gasteiger partial charge is 0.322 e. The summed E-state index contributed by atoms with van der Waals surface area (Å²) in [6.45, 7) is 0.516. The molecule has 1 heterocycles. The monoisotopic (exact) mass is 622 g/mol. The topological polar surface area (TPSA) is 32.3 Å². The van der Waals surface area contributed by atoms with Crippen LogP contribution in [0.3, 0.4) is 0 Å². The van der Waals surface area contributed by atoms with E-state index in [1.807, 2.05) is 0 Å². The second-order valence-electron chi connectivity index (χ2n) is 10.4. The number of anilines is 1. The fraction of sp³-hybridized carbons (Fsp3) is 0.219. The first-order chi connectivity index (χ1) is 20.6. The third-order valence-corrected chi connectivity index (χ3v) is 7.30. The molecule has 4 aromatic rings. The van der Waals surface area contributed by atoms with Gasteiger partial charge in [-0.2, -0.15) is 39.5 Å². The van der Waals surface area contributed by atoms with Gasteiger partial charge < -0.3 is 5.32 Å². The third kappa shape index (κ3) is 7.07. The van der Waals surface area contributed by atoms with E-state index in [0.717, 1.165) is 35.4 Å². The van der Waals surface area contributed by atoms with Gasteiger partial charge in [-0.15, -0.1) is 0 Å². The molecule has 0 bridgehead atoms. The fourth-order valence-electron chi connectivity index (χ4n) is 5.16. The average molecular weight is 623 g/mol. The molecule has 1 aliphatic rings. The molecule has 5 rings (SSSR count). The Labute approximate surface area is 245 Å². The van der Waals surface area contributed by atoms with Crippen LogP contribution in [0.5, 0.6) is 0 Å². The normalized spacial score (nSPS) is 14.3. The van der Waals surface area contributed by atoms with Gasteiger partial charge in [-0.25, -0.2) is 0 Å². The van der Waals surface area contributed by atoms with Crippen LogP contribution in [-0.2, 0) is 38.0 Å². The molecule has 0 saturated heterocycles. The zero-order valence-electron chi connectivity index (χ0n) is 22.7. The van der Waals surface area contributed by atoms with Gasteiger partial charge in [0.25, 0.3) is 5.91 Å². The van der Waals surface area contributed by atoms with Crippen molar-refractivity contribution in [2.24, 2.45) is 0 Å². The van der Waals surface area contributed by atoms with E-state index >= 15 is 0 Å². The predicted molar refractivity (Wildman–Crippen MR) is 146 cm³/mol. The molecule has 0 saturated carbocycles. The first kappa shape index (κ1) is 31.1. The van der Waals surface area contributed by atoms with Crippen molar-refractivity contribution in [2.45, 2.75) is 38.0 Å². The summed E-state index contributed by atoms with van der Waals surface area (Å²) in [6.07, 6.45) is -13.9. The van der Waals surface area contributed by atoms with Crippen molar-refractivity contribution >= 4 is 11.6 Å². The molecular formula is C32H23F9N2O. The maximum atomic E-state index is 13.3. The highest BCUT2D eigenvalue weighted by atomic mass is 19.4. The molecule has 4 aromatic carbocycles. The number of amides is 1. The van der Waals surface area contributed by atoms with Crippen LogP contribution in [-0.4, -0.2) is 17.4 Å². The highest BCUT2D eigenvalue weighted by molar-refractivity contribution is 6.08. The summed E-state index contributed by atoms with van der Waals surface area (Å²) in [5.41, 5.74) is -0.402. The highest BCUT2D eigenvalue weighted by Crippen LogP contribution is 2.37. The standard InChI is InChI=1S/C32H23F9N2O/c33-30(34,35)23-8-5-20(6-9-23)27-3-1-2-4-28(27)29(44)42-26-10-7-22-18-43(12-11-21(22)15-26)17-19-13-24(31(36,37)38)16-25(14-19)32(39,40)41/h1-10,13-16H,11-12,17-18H2,(H,42,44). The summed E-state index contributed by atoms with van der Waals surface area (Å²) in [6, 6.07) is 17.6. The highest BCUT2D eigenvalue weighted by Gasteiger charge is 2.37. The van der Waals surface area contributed by atoms with Crippen LogP contribution < -0.4 is 5.32 Å². The molecule has 0 unspecified atom stereocenters. The molecule has 0 spiro atoms. The number of benzene rings is 4. The molecule has 0 radical (unpaired) electrons. The Morgan fingerprint density at radius 2 is 1.30 bits per heavy atom. The number of nitrogens with one attached hydrogen (secondary N) is 1. The predicted octanol–water partition coefficient (Wildman–Crippen LogP) is 9.22. The van der Waals surface area contributed by atoms with Crippen LogP contribution in [0.1, 0.15) is 43.7 Å². The van der Waals surface area contributed by atoms with Gasteiger partial charge in [0.15, 0.2) is 0 Å². The van der Waals surface area contributed by atoms with E-state index in [-0.39, 0.29) is 30.3 Å². The Hall–Kier alpha value is -4.32. The number of rotatable bonds is 5. The van der Waals surface area contributed by atoms with E-state index in [9.17, 15) is 44.3 Å². The lowest BCUT2D eigenvalue weighted by atomic mass is 9.97. The van der Waals surface area contributed by atoms with Gasteiger partial charge in [-0.05, 0) is 82.8 Å². The molecule has 0 atom stereocenters. The maximum absolute atomic E-state index is 13.3. The number of hydrogen-bond acceptors (Lipinski definition) is 2. The molecular weight excluding hydrogens is 599 g/mol. The molecule has 1 aliphatic heterocycles. The number of halogens is 9. The van der Waals surface area contributed by atoms with Gasteiger partial charge in [0.1, 0.15) is 0 Å². The Balaban J connectivity index is 1.30. The van der Waals surface area contributed by atoms with Crippen molar-refractivity contribution < 1.29 is 44.3 Å². The Morgan fingerprint density at radius 3 is 1.91 bits per heavy atom. The summed E-state index contributed by atoms with van der Waals surface area (Å²) in [5.74, 6) is -0.483. The van der Waals surface area contributed by atoms with Crippen LogP contribution in [0.25, 0.3) is 11.1 Å². The summed E-state index contributed by atoms with van der Waals surface area (Å²) in [7, 11) is 0. The Bertz CT molecular complexity index is 1640. The second-order valence-corrected chi connectivity index (χ2v) is 10.4. The summed E-state index contributed by atoms with van der Waals surface area (Å²) >= 11 is 0. The zero-order chi connectivity index (χ0) is 31.9. The lowest BCUT2D eigenvalue weighted by Gasteiger charge is -2.29. The largest absolute Gasteiger partial charge is 0.416 e. The van der Waals surface area contributed by atoms with Gasteiger partial charge in [0.05, 0.1) is 16.7 Å². The quantitative estimate of drug-likeness (QED) is 0.225. The number of nitrogens with zero attached hydrogens (tertiary/aromatic N) is 1. The van der Waals surface area contributed by atoms with Gasteiger partial charge in [0, 0.05) is 30.9 Å². The average Bonchev–Trinajstić information content (AvgIpc) is 2.96. The number of carbonyl (C=O) groups excluding carboxylic acids is 1. The maximum Gasteiger partial charge on any atom is 0.416 e. The number of alkyl halides is 9. The lowest BCUT2D eigenvalue weighted by molar-refractivity contribution is -0.143. The van der Waals surface area contributed by atoms with Gasteiger partial charge >= 0.3 is 18.5 Å². The molecule has 0 aromatic heterocycles. The molecule has 1 amide bonds. The molecule has 12 heteroatoms. The lowest BCUT2D eigenvalue weighted by Crippen LogP contribution is -2.30. The summed E-state index contributed by atoms with van der Waals surface area (Å²) < 4.78 is 119. The Kier molecular flexibility index (Phi) is 8.23. The first-order valence-corrected chi connectivity index (χ1v) is 13.3. The van der Waals surface area contributed by atoms with Crippen LogP contribution >= 0.6 is 0 Å². The van der Waals surface area contributed by atoms with E-state index in [0.29, 0.717) is 29.8 Å². The van der Waals surface area contributed by atoms with E-state index in [1.165, 1.54) is 12.1 Å².